The maximum Gasteiger partial charge on any atom is 0.258 e. The van der Waals surface area contributed by atoms with Gasteiger partial charge in [0.2, 0.25) is 10.0 Å². The number of carbonyl (C=O) groups excluding carboxylic acids is 1. The van der Waals surface area contributed by atoms with E-state index in [2.05, 4.69) is 22.4 Å². The average molecular weight is 524 g/mol. The second-order valence-corrected chi connectivity index (χ2v) is 10.5. The number of benzene rings is 3. The topological polar surface area (TPSA) is 79.0 Å². The number of hydrogen-bond donors (Lipinski definition) is 1. The number of halogens is 1. The van der Waals surface area contributed by atoms with Crippen LogP contribution in [0.2, 0.25) is 0 Å². The zero-order chi connectivity index (χ0) is 26.3. The number of anilines is 1. The molecule has 0 spiro atoms. The Morgan fingerprint density at radius 1 is 1.00 bits per heavy atom. The van der Waals surface area contributed by atoms with E-state index in [1.165, 1.54) is 40.7 Å². The highest BCUT2D eigenvalue weighted by atomic mass is 32.2. The van der Waals surface area contributed by atoms with Gasteiger partial charge >= 0.3 is 0 Å². The molecule has 194 valence electrons. The minimum absolute atomic E-state index is 0.0391. The van der Waals surface area contributed by atoms with Crippen molar-refractivity contribution in [3.63, 3.8) is 0 Å². The molecule has 3 aromatic rings. The van der Waals surface area contributed by atoms with E-state index in [4.69, 9.17) is 4.74 Å². The summed E-state index contributed by atoms with van der Waals surface area (Å²) in [5.41, 5.74) is 1.15. The van der Waals surface area contributed by atoms with Gasteiger partial charge < -0.3 is 10.1 Å². The van der Waals surface area contributed by atoms with Crippen molar-refractivity contribution in [3.8, 4) is 5.75 Å². The Bertz CT molecular complexity index is 1350. The van der Waals surface area contributed by atoms with Gasteiger partial charge in [0.05, 0.1) is 22.8 Å². The van der Waals surface area contributed by atoms with Crippen LogP contribution in [0.25, 0.3) is 6.08 Å². The Morgan fingerprint density at radius 2 is 1.70 bits per heavy atom. The standard InChI is InChI=1S/C28H30FN3O4S/c1-2-36-27-15-14-23(21-26(27)30-28(33)24-12-6-7-13-25(24)29)37(34,35)32-19-17-31(18-20-32)16-8-11-22-9-4-3-5-10-22/h3-15,21H,2,16-20H2,1H3,(H,30,33)/b11-8+. The van der Waals surface area contributed by atoms with Crippen molar-refractivity contribution in [3.05, 3.63) is 95.8 Å². The SMILES string of the molecule is CCOc1ccc(S(=O)(=O)N2CCN(C/C=C/c3ccccc3)CC2)cc1NC(=O)c1ccccc1F. The number of sulfonamides is 1. The first-order chi connectivity index (χ1) is 17.9. The molecule has 1 N–H and O–H groups in total. The molecule has 0 aliphatic carbocycles. The molecule has 7 nitrogen and oxygen atoms in total. The first-order valence-corrected chi connectivity index (χ1v) is 13.6. The Labute approximate surface area is 217 Å². The summed E-state index contributed by atoms with van der Waals surface area (Å²) in [7, 11) is -3.80. The van der Waals surface area contributed by atoms with Gasteiger partial charge in [-0.05, 0) is 42.8 Å². The highest BCUT2D eigenvalue weighted by Crippen LogP contribution is 2.30. The molecule has 1 fully saturated rings. The van der Waals surface area contributed by atoms with E-state index in [1.807, 2.05) is 30.3 Å². The Hall–Kier alpha value is -3.53. The lowest BCUT2D eigenvalue weighted by molar-refractivity contribution is 0.102. The summed E-state index contributed by atoms with van der Waals surface area (Å²) >= 11 is 0. The molecule has 1 aliphatic heterocycles. The summed E-state index contributed by atoms with van der Waals surface area (Å²) in [4.78, 5) is 14.9. The molecule has 0 unspecified atom stereocenters. The summed E-state index contributed by atoms with van der Waals surface area (Å²) in [6.45, 7) is 4.74. The molecule has 9 heteroatoms. The summed E-state index contributed by atoms with van der Waals surface area (Å²) in [6, 6.07) is 20.0. The molecule has 4 rings (SSSR count). The van der Waals surface area contributed by atoms with Gasteiger partial charge in [-0.25, -0.2) is 12.8 Å². The van der Waals surface area contributed by atoms with Crippen LogP contribution >= 0.6 is 0 Å². The quantitative estimate of drug-likeness (QED) is 0.447. The fraction of sp³-hybridized carbons (Fsp3) is 0.250. The van der Waals surface area contributed by atoms with Gasteiger partial charge in [-0.3, -0.25) is 9.69 Å². The van der Waals surface area contributed by atoms with Crippen LogP contribution in [0.3, 0.4) is 0 Å². The number of ether oxygens (including phenoxy) is 1. The fourth-order valence-electron chi connectivity index (χ4n) is 4.09. The fourth-order valence-corrected chi connectivity index (χ4v) is 5.54. The Morgan fingerprint density at radius 3 is 2.41 bits per heavy atom. The molecule has 3 aromatic carbocycles. The molecule has 1 aliphatic rings. The van der Waals surface area contributed by atoms with E-state index >= 15 is 0 Å². The lowest BCUT2D eigenvalue weighted by Crippen LogP contribution is -2.48. The zero-order valence-electron chi connectivity index (χ0n) is 20.6. The Kier molecular flexibility index (Phi) is 8.70. The molecule has 0 aromatic heterocycles. The monoisotopic (exact) mass is 523 g/mol. The molecule has 1 amide bonds. The van der Waals surface area contributed by atoms with Crippen molar-refractivity contribution in [2.75, 3.05) is 44.6 Å². The van der Waals surface area contributed by atoms with Gasteiger partial charge in [-0.15, -0.1) is 0 Å². The van der Waals surface area contributed by atoms with Crippen LogP contribution < -0.4 is 10.1 Å². The number of nitrogens with zero attached hydrogens (tertiary/aromatic N) is 2. The van der Waals surface area contributed by atoms with Gasteiger partial charge in [-0.2, -0.15) is 4.31 Å². The van der Waals surface area contributed by atoms with Gasteiger partial charge in [-0.1, -0.05) is 54.6 Å². The third-order valence-corrected chi connectivity index (χ3v) is 7.95. The van der Waals surface area contributed by atoms with Crippen molar-refractivity contribution in [1.29, 1.82) is 0 Å². The van der Waals surface area contributed by atoms with E-state index < -0.39 is 21.7 Å². The summed E-state index contributed by atoms with van der Waals surface area (Å²) in [5, 5.41) is 2.61. The molecular weight excluding hydrogens is 493 g/mol. The average Bonchev–Trinajstić information content (AvgIpc) is 2.91. The predicted octanol–water partition coefficient (Wildman–Crippen LogP) is 4.50. The van der Waals surface area contributed by atoms with Gasteiger partial charge in [0.1, 0.15) is 11.6 Å². The molecule has 37 heavy (non-hydrogen) atoms. The molecule has 0 bridgehead atoms. The van der Waals surface area contributed by atoms with Crippen molar-refractivity contribution >= 4 is 27.7 Å². The number of hydrogen-bond acceptors (Lipinski definition) is 5. The normalized spacial score (nSPS) is 15.1. The Balaban J connectivity index is 1.45. The van der Waals surface area contributed by atoms with E-state index in [1.54, 1.807) is 13.0 Å². The van der Waals surface area contributed by atoms with Crippen molar-refractivity contribution in [2.45, 2.75) is 11.8 Å². The number of carbonyl (C=O) groups is 1. The summed E-state index contributed by atoms with van der Waals surface area (Å²) in [6.07, 6.45) is 4.14. The summed E-state index contributed by atoms with van der Waals surface area (Å²) < 4.78 is 47.9. The second-order valence-electron chi connectivity index (χ2n) is 8.54. The van der Waals surface area contributed by atoms with Gasteiger partial charge in [0.15, 0.2) is 0 Å². The largest absolute Gasteiger partial charge is 0.492 e. The van der Waals surface area contributed by atoms with Crippen LogP contribution in [-0.2, 0) is 10.0 Å². The maximum absolute atomic E-state index is 14.1. The van der Waals surface area contributed by atoms with E-state index in [0.717, 1.165) is 12.1 Å². The highest BCUT2D eigenvalue weighted by molar-refractivity contribution is 7.89. The maximum atomic E-state index is 14.1. The van der Waals surface area contributed by atoms with Crippen LogP contribution in [0.1, 0.15) is 22.8 Å². The predicted molar refractivity (Wildman–Crippen MR) is 143 cm³/mol. The van der Waals surface area contributed by atoms with Crippen LogP contribution in [0.5, 0.6) is 5.75 Å². The highest BCUT2D eigenvalue weighted by Gasteiger charge is 2.29. The smallest absolute Gasteiger partial charge is 0.258 e. The second kappa shape index (κ2) is 12.1. The van der Waals surface area contributed by atoms with E-state index in [0.29, 0.717) is 38.5 Å². The van der Waals surface area contributed by atoms with Crippen LogP contribution in [-0.4, -0.2) is 62.9 Å². The van der Waals surface area contributed by atoms with Gasteiger partial charge in [0.25, 0.3) is 5.91 Å². The van der Waals surface area contributed by atoms with E-state index in [9.17, 15) is 17.6 Å². The molecule has 0 saturated carbocycles. The van der Waals surface area contributed by atoms with Crippen LogP contribution in [0.15, 0.2) is 83.8 Å². The minimum Gasteiger partial charge on any atom is -0.492 e. The first-order valence-electron chi connectivity index (χ1n) is 12.2. The van der Waals surface area contributed by atoms with Crippen molar-refractivity contribution in [2.24, 2.45) is 0 Å². The molecular formula is C28H30FN3O4S. The van der Waals surface area contributed by atoms with Crippen LogP contribution in [0, 0.1) is 5.82 Å². The molecule has 0 radical (unpaired) electrons. The molecule has 1 heterocycles. The number of piperazine rings is 1. The number of nitrogens with one attached hydrogen (secondary N) is 1. The number of rotatable bonds is 9. The van der Waals surface area contributed by atoms with Crippen molar-refractivity contribution < 1.29 is 22.3 Å². The molecule has 1 saturated heterocycles. The third kappa shape index (κ3) is 6.62. The first kappa shape index (κ1) is 26.5. The third-order valence-electron chi connectivity index (χ3n) is 6.06. The zero-order valence-corrected chi connectivity index (χ0v) is 21.5. The molecule has 0 atom stereocenters. The lowest BCUT2D eigenvalue weighted by Gasteiger charge is -2.33. The van der Waals surface area contributed by atoms with Gasteiger partial charge in [0, 0.05) is 32.7 Å². The minimum atomic E-state index is -3.80. The van der Waals surface area contributed by atoms with Crippen molar-refractivity contribution in [1.82, 2.24) is 9.21 Å². The lowest BCUT2D eigenvalue weighted by atomic mass is 10.2. The summed E-state index contributed by atoms with van der Waals surface area (Å²) in [5.74, 6) is -1.05. The van der Waals surface area contributed by atoms with E-state index in [-0.39, 0.29) is 16.1 Å². The number of amides is 1. The van der Waals surface area contributed by atoms with Crippen LogP contribution in [0.4, 0.5) is 10.1 Å².